The topological polar surface area (TPSA) is 64.1 Å². The van der Waals surface area contributed by atoms with Crippen molar-refractivity contribution in [1.29, 1.82) is 0 Å². The molecule has 0 aliphatic heterocycles. The van der Waals surface area contributed by atoms with Gasteiger partial charge in [0.15, 0.2) is 12.2 Å². The van der Waals surface area contributed by atoms with Gasteiger partial charge in [-0.15, -0.1) is 0 Å². The fraction of sp³-hybridized carbons (Fsp3) is 0.200. The Morgan fingerprint density at radius 1 is 1.19 bits per heavy atom. The van der Waals surface area contributed by atoms with Gasteiger partial charge >= 0.3 is 0 Å². The minimum absolute atomic E-state index is 0.601. The van der Waals surface area contributed by atoms with Gasteiger partial charge in [-0.05, 0) is 31.2 Å². The molecule has 3 rings (SSSR count). The summed E-state index contributed by atoms with van der Waals surface area (Å²) in [6, 6.07) is 9.36. The van der Waals surface area contributed by atoms with Gasteiger partial charge < -0.3 is 14.3 Å². The van der Waals surface area contributed by atoms with E-state index < -0.39 is 0 Å². The van der Waals surface area contributed by atoms with E-state index in [0.717, 1.165) is 28.5 Å². The molecule has 0 spiro atoms. The number of hydrogen-bond donors (Lipinski definition) is 1. The molecule has 0 aliphatic rings. The fourth-order valence-corrected chi connectivity index (χ4v) is 2.08. The predicted molar refractivity (Wildman–Crippen MR) is 78.7 cm³/mol. The summed E-state index contributed by atoms with van der Waals surface area (Å²) >= 11 is 5.86. The Morgan fingerprint density at radius 3 is 2.71 bits per heavy atom. The van der Waals surface area contributed by atoms with Crippen LogP contribution in [-0.2, 0) is 13.1 Å². The van der Waals surface area contributed by atoms with Gasteiger partial charge in [0, 0.05) is 29.7 Å². The van der Waals surface area contributed by atoms with E-state index in [-0.39, 0.29) is 0 Å². The first-order valence-electron chi connectivity index (χ1n) is 6.53. The normalized spacial score (nSPS) is 11.0. The Balaban J connectivity index is 1.60. The number of aromatic nitrogens is 2. The molecule has 0 fully saturated rings. The summed E-state index contributed by atoms with van der Waals surface area (Å²) in [5.74, 6) is 1.55. The minimum Gasteiger partial charge on any atom is -0.448 e. The van der Waals surface area contributed by atoms with Crippen LogP contribution in [0.4, 0.5) is 0 Å². The van der Waals surface area contributed by atoms with Crippen molar-refractivity contribution in [2.24, 2.45) is 0 Å². The molecular weight excluding hydrogens is 290 g/mol. The zero-order chi connectivity index (χ0) is 14.7. The van der Waals surface area contributed by atoms with E-state index in [1.54, 1.807) is 0 Å². The maximum Gasteiger partial charge on any atom is 0.181 e. The van der Waals surface area contributed by atoms with Crippen molar-refractivity contribution in [3.63, 3.8) is 0 Å². The molecule has 0 atom stereocenters. The molecule has 0 bridgehead atoms. The first-order chi connectivity index (χ1) is 10.2. The van der Waals surface area contributed by atoms with E-state index in [4.69, 9.17) is 20.5 Å². The van der Waals surface area contributed by atoms with Crippen LogP contribution in [-0.4, -0.2) is 10.1 Å². The Morgan fingerprint density at radius 2 is 2.00 bits per heavy atom. The molecule has 0 saturated carbocycles. The number of hydrogen-bond acceptors (Lipinski definition) is 5. The van der Waals surface area contributed by atoms with Gasteiger partial charge in [0.2, 0.25) is 0 Å². The van der Waals surface area contributed by atoms with Gasteiger partial charge in [-0.1, -0.05) is 16.8 Å². The maximum absolute atomic E-state index is 5.86. The standard InChI is InChI=1S/C15H14ClN3O2/c1-10-14(18-9-20-10)8-17-7-13-6-15(21-19-13)11-2-4-12(16)5-3-11/h2-6,9,17H,7-8H2,1H3. The van der Waals surface area contributed by atoms with E-state index in [0.29, 0.717) is 18.1 Å². The molecule has 21 heavy (non-hydrogen) atoms. The number of aryl methyl sites for hydroxylation is 1. The molecule has 0 saturated heterocycles. The van der Waals surface area contributed by atoms with Crippen LogP contribution in [0.1, 0.15) is 17.1 Å². The third-order valence-electron chi connectivity index (χ3n) is 3.13. The highest BCUT2D eigenvalue weighted by atomic mass is 35.5. The van der Waals surface area contributed by atoms with Gasteiger partial charge in [0.05, 0.1) is 11.4 Å². The van der Waals surface area contributed by atoms with Gasteiger partial charge in [0.1, 0.15) is 5.76 Å². The van der Waals surface area contributed by atoms with Gasteiger partial charge in [0.25, 0.3) is 0 Å². The van der Waals surface area contributed by atoms with Gasteiger partial charge in [-0.25, -0.2) is 4.98 Å². The van der Waals surface area contributed by atoms with Crippen molar-refractivity contribution < 1.29 is 8.94 Å². The molecule has 1 aromatic carbocycles. The van der Waals surface area contributed by atoms with Gasteiger partial charge in [-0.3, -0.25) is 0 Å². The number of rotatable bonds is 5. The van der Waals surface area contributed by atoms with E-state index >= 15 is 0 Å². The SMILES string of the molecule is Cc1ocnc1CNCc1cc(-c2ccc(Cl)cc2)on1. The lowest BCUT2D eigenvalue weighted by molar-refractivity contribution is 0.419. The van der Waals surface area contributed by atoms with Crippen molar-refractivity contribution >= 4 is 11.6 Å². The van der Waals surface area contributed by atoms with Crippen molar-refractivity contribution in [2.45, 2.75) is 20.0 Å². The van der Waals surface area contributed by atoms with Crippen LogP contribution in [0.3, 0.4) is 0 Å². The lowest BCUT2D eigenvalue weighted by Crippen LogP contribution is -2.13. The summed E-state index contributed by atoms with van der Waals surface area (Å²) in [6.45, 7) is 3.12. The molecule has 2 heterocycles. The third kappa shape index (κ3) is 3.32. The molecule has 0 amide bonds. The number of oxazole rings is 1. The number of nitrogens with zero attached hydrogens (tertiary/aromatic N) is 2. The summed E-state index contributed by atoms with van der Waals surface area (Å²) in [7, 11) is 0. The molecule has 1 N–H and O–H groups in total. The Kier molecular flexibility index (Phi) is 4.03. The highest BCUT2D eigenvalue weighted by Crippen LogP contribution is 2.22. The molecule has 3 aromatic rings. The zero-order valence-electron chi connectivity index (χ0n) is 11.5. The van der Waals surface area contributed by atoms with Crippen molar-refractivity contribution in [1.82, 2.24) is 15.5 Å². The Labute approximate surface area is 126 Å². The van der Waals surface area contributed by atoms with Crippen LogP contribution < -0.4 is 5.32 Å². The lowest BCUT2D eigenvalue weighted by atomic mass is 10.1. The van der Waals surface area contributed by atoms with Crippen molar-refractivity contribution in [3.8, 4) is 11.3 Å². The molecule has 108 valence electrons. The molecule has 5 nitrogen and oxygen atoms in total. The lowest BCUT2D eigenvalue weighted by Gasteiger charge is -1.99. The smallest absolute Gasteiger partial charge is 0.181 e. The zero-order valence-corrected chi connectivity index (χ0v) is 12.2. The molecule has 0 unspecified atom stereocenters. The van der Waals surface area contributed by atoms with Crippen LogP contribution >= 0.6 is 11.6 Å². The number of benzene rings is 1. The van der Waals surface area contributed by atoms with Crippen LogP contribution in [0.5, 0.6) is 0 Å². The van der Waals surface area contributed by atoms with E-state index in [1.807, 2.05) is 37.3 Å². The Hall–Kier alpha value is -2.11. The second-order valence-electron chi connectivity index (χ2n) is 4.65. The minimum atomic E-state index is 0.601. The quantitative estimate of drug-likeness (QED) is 0.780. The monoisotopic (exact) mass is 303 g/mol. The summed E-state index contributed by atoms with van der Waals surface area (Å²) in [6.07, 6.45) is 1.45. The second-order valence-corrected chi connectivity index (χ2v) is 5.08. The van der Waals surface area contributed by atoms with E-state index in [9.17, 15) is 0 Å². The third-order valence-corrected chi connectivity index (χ3v) is 3.38. The van der Waals surface area contributed by atoms with Gasteiger partial charge in [-0.2, -0.15) is 0 Å². The first-order valence-corrected chi connectivity index (χ1v) is 6.91. The number of nitrogens with one attached hydrogen (secondary N) is 1. The first kappa shape index (κ1) is 13.9. The highest BCUT2D eigenvalue weighted by Gasteiger charge is 2.07. The summed E-state index contributed by atoms with van der Waals surface area (Å²) < 4.78 is 10.5. The van der Waals surface area contributed by atoms with Crippen LogP contribution in [0.2, 0.25) is 5.02 Å². The van der Waals surface area contributed by atoms with Crippen molar-refractivity contribution in [3.05, 3.63) is 58.9 Å². The van der Waals surface area contributed by atoms with Crippen molar-refractivity contribution in [2.75, 3.05) is 0 Å². The maximum atomic E-state index is 5.86. The van der Waals surface area contributed by atoms with E-state index in [1.165, 1.54) is 6.39 Å². The van der Waals surface area contributed by atoms with E-state index in [2.05, 4.69) is 15.5 Å². The highest BCUT2D eigenvalue weighted by molar-refractivity contribution is 6.30. The van der Waals surface area contributed by atoms with Crippen LogP contribution in [0.25, 0.3) is 11.3 Å². The second kappa shape index (κ2) is 6.11. The predicted octanol–water partition coefficient (Wildman–Crippen LogP) is 3.58. The Bertz CT molecular complexity index is 719. The summed E-state index contributed by atoms with van der Waals surface area (Å²) in [5, 5.41) is 7.99. The molecule has 0 radical (unpaired) electrons. The molecular formula is C15H14ClN3O2. The molecule has 6 heteroatoms. The summed E-state index contributed by atoms with van der Waals surface area (Å²) in [5.41, 5.74) is 2.68. The van der Waals surface area contributed by atoms with Crippen LogP contribution in [0, 0.1) is 6.92 Å². The fourth-order valence-electron chi connectivity index (χ4n) is 1.95. The molecule has 0 aliphatic carbocycles. The summed E-state index contributed by atoms with van der Waals surface area (Å²) in [4.78, 5) is 4.12. The number of halogens is 1. The average molecular weight is 304 g/mol. The average Bonchev–Trinajstić information content (AvgIpc) is 3.10. The van der Waals surface area contributed by atoms with Crippen LogP contribution in [0.15, 0.2) is 45.7 Å². The molecule has 2 aromatic heterocycles. The largest absolute Gasteiger partial charge is 0.448 e.